The first kappa shape index (κ1) is 17.0. The number of nitrogens with zero attached hydrogens (tertiary/aromatic N) is 3. The largest absolute Gasteiger partial charge is 0.393 e. The van der Waals surface area contributed by atoms with Crippen LogP contribution < -0.4 is 9.91 Å². The minimum Gasteiger partial charge on any atom is -0.393 e. The van der Waals surface area contributed by atoms with Crippen molar-refractivity contribution < 1.29 is 9.90 Å². The predicted molar refractivity (Wildman–Crippen MR) is 107 cm³/mol. The number of para-hydroxylation sites is 1. The number of anilines is 2. The lowest BCUT2D eigenvalue weighted by molar-refractivity contribution is -0.114. The van der Waals surface area contributed by atoms with Gasteiger partial charge in [-0.3, -0.25) is 4.79 Å². The highest BCUT2D eigenvalue weighted by Crippen LogP contribution is 2.31. The van der Waals surface area contributed by atoms with Crippen molar-refractivity contribution in [3.05, 3.63) is 52.9 Å². The summed E-state index contributed by atoms with van der Waals surface area (Å²) in [5, 5.41) is 16.7. The minimum absolute atomic E-state index is 0.0928. The Kier molecular flexibility index (Phi) is 4.61. The predicted octanol–water partition coefficient (Wildman–Crippen LogP) is 3.52. The Balaban J connectivity index is 1.54. The topological polar surface area (TPSA) is 56.1 Å². The van der Waals surface area contributed by atoms with Crippen molar-refractivity contribution in [3.63, 3.8) is 0 Å². The molecule has 0 atom stereocenters. The van der Waals surface area contributed by atoms with Gasteiger partial charge in [0.1, 0.15) is 0 Å². The van der Waals surface area contributed by atoms with Crippen molar-refractivity contribution in [2.75, 3.05) is 23.0 Å². The number of carbonyl (C=O) groups excluding carboxylic acids is 1. The summed E-state index contributed by atoms with van der Waals surface area (Å²) >= 11 is 1.67. The van der Waals surface area contributed by atoms with Crippen molar-refractivity contribution >= 4 is 39.7 Å². The Bertz CT molecular complexity index is 864. The summed E-state index contributed by atoms with van der Waals surface area (Å²) in [5.41, 5.74) is 2.14. The Labute approximate surface area is 156 Å². The van der Waals surface area contributed by atoms with Crippen molar-refractivity contribution in [2.45, 2.75) is 25.9 Å². The zero-order valence-corrected chi connectivity index (χ0v) is 15.4. The number of aliphatic hydroxyl groups is 1. The molecule has 26 heavy (non-hydrogen) atoms. The van der Waals surface area contributed by atoms with Gasteiger partial charge in [-0.15, -0.1) is 11.3 Å². The van der Waals surface area contributed by atoms with Gasteiger partial charge in [0.05, 0.1) is 28.1 Å². The molecular weight excluding hydrogens is 346 g/mol. The van der Waals surface area contributed by atoms with Crippen molar-refractivity contribution in [1.82, 2.24) is 0 Å². The number of rotatable bonds is 3. The molecular formula is C20H21N3O2S. The molecule has 1 saturated heterocycles. The molecule has 6 heteroatoms. The number of aliphatic hydroxyl groups excluding tert-OH is 1. The molecule has 2 aromatic rings. The molecule has 0 spiro atoms. The van der Waals surface area contributed by atoms with Crippen molar-refractivity contribution in [1.29, 1.82) is 0 Å². The average Bonchev–Trinajstić information content (AvgIpc) is 3.23. The molecule has 3 heterocycles. The summed E-state index contributed by atoms with van der Waals surface area (Å²) in [6.07, 6.45) is 3.37. The van der Waals surface area contributed by atoms with E-state index >= 15 is 0 Å². The van der Waals surface area contributed by atoms with Gasteiger partial charge in [0.2, 0.25) is 0 Å². The number of piperidine rings is 1. The summed E-state index contributed by atoms with van der Waals surface area (Å²) in [6.45, 7) is 3.62. The Hall–Kier alpha value is -2.44. The molecule has 1 N–H and O–H groups in total. The molecule has 0 aliphatic carbocycles. The zero-order chi connectivity index (χ0) is 18.1. The van der Waals surface area contributed by atoms with Crippen LogP contribution in [0.2, 0.25) is 0 Å². The van der Waals surface area contributed by atoms with Crippen LogP contribution in [0.25, 0.3) is 6.08 Å². The lowest BCUT2D eigenvalue weighted by Gasteiger charge is -2.30. The maximum absolute atomic E-state index is 12.8. The summed E-state index contributed by atoms with van der Waals surface area (Å²) in [7, 11) is 0. The maximum Gasteiger partial charge on any atom is 0.280 e. The molecule has 1 amide bonds. The Morgan fingerprint density at radius 2 is 1.88 bits per heavy atom. The van der Waals surface area contributed by atoms with E-state index in [2.05, 4.69) is 16.1 Å². The van der Waals surface area contributed by atoms with Crippen LogP contribution in [0.15, 0.2) is 53.1 Å². The van der Waals surface area contributed by atoms with E-state index < -0.39 is 0 Å². The Morgan fingerprint density at radius 1 is 1.15 bits per heavy atom. The van der Waals surface area contributed by atoms with E-state index in [-0.39, 0.29) is 12.0 Å². The molecule has 0 radical (unpaired) electrons. The van der Waals surface area contributed by atoms with Crippen molar-refractivity contribution in [3.8, 4) is 0 Å². The van der Waals surface area contributed by atoms with E-state index in [9.17, 15) is 9.90 Å². The maximum atomic E-state index is 12.8. The summed E-state index contributed by atoms with van der Waals surface area (Å²) in [5.74, 6) is -0.0928. The van der Waals surface area contributed by atoms with Gasteiger partial charge in [0.15, 0.2) is 0 Å². The highest BCUT2D eigenvalue weighted by Gasteiger charge is 2.28. The quantitative estimate of drug-likeness (QED) is 0.845. The fourth-order valence-corrected chi connectivity index (χ4v) is 4.25. The molecule has 2 aliphatic heterocycles. The van der Waals surface area contributed by atoms with Crippen molar-refractivity contribution in [2.24, 2.45) is 5.10 Å². The fourth-order valence-electron chi connectivity index (χ4n) is 3.25. The summed E-state index contributed by atoms with van der Waals surface area (Å²) < 4.78 is 0. The van der Waals surface area contributed by atoms with E-state index in [1.165, 1.54) is 10.0 Å². The van der Waals surface area contributed by atoms with Gasteiger partial charge >= 0.3 is 0 Å². The number of thiophene rings is 1. The van der Waals surface area contributed by atoms with E-state index in [1.54, 1.807) is 11.3 Å². The van der Waals surface area contributed by atoms with Gasteiger partial charge < -0.3 is 10.0 Å². The van der Waals surface area contributed by atoms with Gasteiger partial charge in [-0.1, -0.05) is 18.2 Å². The molecule has 1 aromatic carbocycles. The fraction of sp³-hybridized carbons (Fsp3) is 0.300. The molecule has 0 bridgehead atoms. The average molecular weight is 367 g/mol. The third kappa shape index (κ3) is 3.30. The number of benzene rings is 1. The number of hydrogen-bond acceptors (Lipinski definition) is 5. The first-order valence-electron chi connectivity index (χ1n) is 8.81. The normalized spacial score (nSPS) is 20.2. The van der Waals surface area contributed by atoms with Crippen LogP contribution in [-0.2, 0) is 4.79 Å². The van der Waals surface area contributed by atoms with Crippen LogP contribution in [0, 0.1) is 0 Å². The van der Waals surface area contributed by atoms with Crippen LogP contribution in [0.4, 0.5) is 10.7 Å². The lowest BCUT2D eigenvalue weighted by atomic mass is 10.1. The zero-order valence-electron chi connectivity index (χ0n) is 14.6. The van der Waals surface area contributed by atoms with Crippen LogP contribution in [0.3, 0.4) is 0 Å². The summed E-state index contributed by atoms with van der Waals surface area (Å²) in [6, 6.07) is 13.6. The number of amides is 1. The Morgan fingerprint density at radius 3 is 2.62 bits per heavy atom. The molecule has 1 fully saturated rings. The molecule has 5 nitrogen and oxygen atoms in total. The third-order valence-electron chi connectivity index (χ3n) is 4.74. The molecule has 1 aromatic heterocycles. The smallest absolute Gasteiger partial charge is 0.280 e. The SMILES string of the molecule is CC1=NN(c2ccccc2)C(=O)/C1=C\c1ccc(N2CCC(O)CC2)s1. The van der Waals surface area contributed by atoms with E-state index in [0.29, 0.717) is 5.57 Å². The van der Waals surface area contributed by atoms with Gasteiger partial charge in [0.25, 0.3) is 5.91 Å². The highest BCUT2D eigenvalue weighted by molar-refractivity contribution is 7.17. The molecule has 134 valence electrons. The standard InChI is InChI=1S/C20H21N3O2S/c1-14-18(20(25)23(21-14)15-5-3-2-4-6-15)13-17-7-8-19(26-17)22-11-9-16(24)10-12-22/h2-8,13,16,24H,9-12H2,1H3/b18-13-. The molecule has 2 aliphatic rings. The van der Waals surface area contributed by atoms with Crippen LogP contribution >= 0.6 is 11.3 Å². The second-order valence-corrected chi connectivity index (χ2v) is 7.68. The summed E-state index contributed by atoms with van der Waals surface area (Å²) in [4.78, 5) is 16.1. The van der Waals surface area contributed by atoms with E-state index in [1.807, 2.05) is 49.4 Å². The highest BCUT2D eigenvalue weighted by atomic mass is 32.1. The molecule has 0 unspecified atom stereocenters. The second-order valence-electron chi connectivity index (χ2n) is 6.59. The van der Waals surface area contributed by atoms with Crippen LogP contribution in [0.1, 0.15) is 24.6 Å². The number of carbonyl (C=O) groups is 1. The van der Waals surface area contributed by atoms with Gasteiger partial charge in [-0.2, -0.15) is 10.1 Å². The second kappa shape index (κ2) is 7.05. The first-order valence-corrected chi connectivity index (χ1v) is 9.63. The van der Waals surface area contributed by atoms with Crippen LogP contribution in [-0.4, -0.2) is 35.9 Å². The molecule has 4 rings (SSSR count). The first-order chi connectivity index (χ1) is 12.6. The van der Waals surface area contributed by atoms with E-state index in [4.69, 9.17) is 0 Å². The number of hydrogen-bond donors (Lipinski definition) is 1. The van der Waals surface area contributed by atoms with E-state index in [0.717, 1.165) is 42.2 Å². The van der Waals surface area contributed by atoms with Gasteiger partial charge in [0, 0.05) is 18.0 Å². The molecule has 0 saturated carbocycles. The van der Waals surface area contributed by atoms with Crippen LogP contribution in [0.5, 0.6) is 0 Å². The third-order valence-corrected chi connectivity index (χ3v) is 5.83. The van der Waals surface area contributed by atoms with Gasteiger partial charge in [-0.05, 0) is 50.1 Å². The minimum atomic E-state index is -0.174. The van der Waals surface area contributed by atoms with Gasteiger partial charge in [-0.25, -0.2) is 0 Å². The number of hydrazone groups is 1. The lowest BCUT2D eigenvalue weighted by Crippen LogP contribution is -2.35. The monoisotopic (exact) mass is 367 g/mol.